The molecule has 1 aromatic rings. The Bertz CT molecular complexity index is 596. The van der Waals surface area contributed by atoms with E-state index >= 15 is 0 Å². The number of hydrogen-bond donors (Lipinski definition) is 1. The summed E-state index contributed by atoms with van der Waals surface area (Å²) in [5, 5.41) is 3.21. The van der Waals surface area contributed by atoms with Gasteiger partial charge in [0.15, 0.2) is 6.29 Å². The highest BCUT2D eigenvalue weighted by Gasteiger charge is 2.30. The number of anilines is 2. The number of rotatable bonds is 3. The van der Waals surface area contributed by atoms with Crippen LogP contribution in [0.4, 0.5) is 15.8 Å². The molecule has 24 heavy (non-hydrogen) atoms. The summed E-state index contributed by atoms with van der Waals surface area (Å²) in [4.78, 5) is 4.15. The maximum Gasteiger partial charge on any atom is 0.160 e. The number of halogens is 1. The molecule has 4 rings (SSSR count). The van der Waals surface area contributed by atoms with Crippen molar-refractivity contribution in [1.29, 1.82) is 0 Å². The number of nitrogens with one attached hydrogen (secondary N) is 1. The molecule has 6 heteroatoms. The van der Waals surface area contributed by atoms with Crippen molar-refractivity contribution in [2.75, 3.05) is 49.3 Å². The first-order valence-electron chi connectivity index (χ1n) is 8.73. The third kappa shape index (κ3) is 3.27. The van der Waals surface area contributed by atoms with Gasteiger partial charge in [0.05, 0.1) is 25.6 Å². The van der Waals surface area contributed by atoms with Gasteiger partial charge in [0.25, 0.3) is 0 Å². The second kappa shape index (κ2) is 7.09. The van der Waals surface area contributed by atoms with E-state index in [0.29, 0.717) is 31.5 Å². The average molecular weight is 333 g/mol. The molecule has 0 radical (unpaired) electrons. The molecule has 0 aliphatic carbocycles. The van der Waals surface area contributed by atoms with Crippen molar-refractivity contribution in [2.24, 2.45) is 5.92 Å². The summed E-state index contributed by atoms with van der Waals surface area (Å²) in [5.74, 6) is 0.280. The standard InChI is InChI=1S/C18H24FN3O2/c19-16-12-15(2-3-17(16)22-7-1-6-20-13-22)21-8-4-14(5-9-21)18-23-10-11-24-18/h1-3,7,12,14,18,20H,4-6,8-11,13H2. The molecule has 0 atom stereocenters. The first kappa shape index (κ1) is 15.9. The van der Waals surface area contributed by atoms with Crippen LogP contribution in [0.25, 0.3) is 0 Å². The summed E-state index contributed by atoms with van der Waals surface area (Å²) in [6.45, 7) is 4.71. The maximum absolute atomic E-state index is 14.5. The normalized spacial score (nSPS) is 23.2. The molecule has 130 valence electrons. The fourth-order valence-corrected chi connectivity index (χ4v) is 3.67. The van der Waals surface area contributed by atoms with Gasteiger partial charge >= 0.3 is 0 Å². The van der Waals surface area contributed by atoms with E-state index in [-0.39, 0.29) is 12.1 Å². The molecule has 5 nitrogen and oxygen atoms in total. The van der Waals surface area contributed by atoms with Crippen LogP contribution < -0.4 is 15.1 Å². The van der Waals surface area contributed by atoms with Crippen molar-refractivity contribution in [3.63, 3.8) is 0 Å². The van der Waals surface area contributed by atoms with Crippen LogP contribution in [0.3, 0.4) is 0 Å². The van der Waals surface area contributed by atoms with Crippen molar-refractivity contribution in [1.82, 2.24) is 5.32 Å². The summed E-state index contributed by atoms with van der Waals surface area (Å²) in [6, 6.07) is 5.54. The lowest BCUT2D eigenvalue weighted by Crippen LogP contribution is -2.38. The molecule has 0 amide bonds. The van der Waals surface area contributed by atoms with Crippen molar-refractivity contribution >= 4 is 11.4 Å². The monoisotopic (exact) mass is 333 g/mol. The van der Waals surface area contributed by atoms with Crippen LogP contribution in [0.2, 0.25) is 0 Å². The molecule has 3 aliphatic rings. The fraction of sp³-hybridized carbons (Fsp3) is 0.556. The second-order valence-corrected chi connectivity index (χ2v) is 6.54. The zero-order valence-corrected chi connectivity index (χ0v) is 13.8. The Kier molecular flexibility index (Phi) is 4.69. The Morgan fingerprint density at radius 1 is 1.12 bits per heavy atom. The number of piperidine rings is 1. The Hall–Kier alpha value is -1.63. The maximum atomic E-state index is 14.5. The van der Waals surface area contributed by atoms with Gasteiger partial charge in [0, 0.05) is 37.4 Å². The average Bonchev–Trinajstić information content (AvgIpc) is 3.17. The predicted molar refractivity (Wildman–Crippen MR) is 91.5 cm³/mol. The van der Waals surface area contributed by atoms with Gasteiger partial charge in [-0.3, -0.25) is 5.32 Å². The summed E-state index contributed by atoms with van der Waals surface area (Å²) in [5.41, 5.74) is 1.57. The Morgan fingerprint density at radius 3 is 2.58 bits per heavy atom. The smallest absolute Gasteiger partial charge is 0.160 e. The minimum Gasteiger partial charge on any atom is -0.371 e. The lowest BCUT2D eigenvalue weighted by molar-refractivity contribution is -0.0889. The van der Waals surface area contributed by atoms with E-state index in [0.717, 1.165) is 38.2 Å². The molecule has 0 unspecified atom stereocenters. The van der Waals surface area contributed by atoms with E-state index in [1.54, 1.807) is 6.07 Å². The van der Waals surface area contributed by atoms with E-state index in [1.165, 1.54) is 0 Å². The lowest BCUT2D eigenvalue weighted by atomic mass is 9.95. The predicted octanol–water partition coefficient (Wildman–Crippen LogP) is 2.30. The largest absolute Gasteiger partial charge is 0.371 e. The quantitative estimate of drug-likeness (QED) is 0.919. The molecule has 1 aromatic carbocycles. The molecular weight excluding hydrogens is 309 g/mol. The molecule has 1 N–H and O–H groups in total. The highest BCUT2D eigenvalue weighted by atomic mass is 19.1. The Labute approximate surface area is 142 Å². The zero-order valence-electron chi connectivity index (χ0n) is 13.8. The highest BCUT2D eigenvalue weighted by Crippen LogP contribution is 2.31. The van der Waals surface area contributed by atoms with Gasteiger partial charge < -0.3 is 19.3 Å². The van der Waals surface area contributed by atoms with E-state index in [4.69, 9.17) is 9.47 Å². The van der Waals surface area contributed by atoms with Crippen molar-refractivity contribution < 1.29 is 13.9 Å². The van der Waals surface area contributed by atoms with Crippen LogP contribution in [-0.4, -0.2) is 45.8 Å². The number of benzene rings is 1. The fourth-order valence-electron chi connectivity index (χ4n) is 3.67. The molecule has 2 fully saturated rings. The van der Waals surface area contributed by atoms with Crippen molar-refractivity contribution in [3.05, 3.63) is 36.3 Å². The summed E-state index contributed by atoms with van der Waals surface area (Å²) >= 11 is 0. The second-order valence-electron chi connectivity index (χ2n) is 6.54. The molecule has 3 heterocycles. The molecule has 0 saturated carbocycles. The topological polar surface area (TPSA) is 37.0 Å². The number of hydrogen-bond acceptors (Lipinski definition) is 5. The van der Waals surface area contributed by atoms with Crippen molar-refractivity contribution in [2.45, 2.75) is 19.1 Å². The summed E-state index contributed by atoms with van der Waals surface area (Å²) < 4.78 is 25.8. The van der Waals surface area contributed by atoms with Gasteiger partial charge in [-0.1, -0.05) is 6.08 Å². The van der Waals surface area contributed by atoms with Crippen LogP contribution in [0.1, 0.15) is 12.8 Å². The molecule has 2 saturated heterocycles. The van der Waals surface area contributed by atoms with Crippen LogP contribution in [0.15, 0.2) is 30.5 Å². The number of ether oxygens (including phenoxy) is 2. The van der Waals surface area contributed by atoms with E-state index in [1.807, 2.05) is 29.3 Å². The molecular formula is C18H24FN3O2. The summed E-state index contributed by atoms with van der Waals surface area (Å²) in [7, 11) is 0. The van der Waals surface area contributed by atoms with Gasteiger partial charge in [-0.15, -0.1) is 0 Å². The first-order chi connectivity index (χ1) is 11.8. The van der Waals surface area contributed by atoms with Crippen LogP contribution in [0.5, 0.6) is 0 Å². The molecule has 0 spiro atoms. The third-order valence-corrected chi connectivity index (χ3v) is 5.01. The van der Waals surface area contributed by atoms with Crippen LogP contribution >= 0.6 is 0 Å². The van der Waals surface area contributed by atoms with Crippen molar-refractivity contribution in [3.8, 4) is 0 Å². The van der Waals surface area contributed by atoms with Gasteiger partial charge in [-0.05, 0) is 31.0 Å². The minimum atomic E-state index is -0.176. The molecule has 0 bridgehead atoms. The minimum absolute atomic E-state index is 0.0374. The van der Waals surface area contributed by atoms with Gasteiger partial charge in [-0.25, -0.2) is 4.39 Å². The van der Waals surface area contributed by atoms with E-state index < -0.39 is 0 Å². The Balaban J connectivity index is 1.40. The van der Waals surface area contributed by atoms with Gasteiger partial charge in [0.2, 0.25) is 0 Å². The first-order valence-corrected chi connectivity index (χ1v) is 8.73. The Morgan fingerprint density at radius 2 is 1.92 bits per heavy atom. The van der Waals surface area contributed by atoms with Gasteiger partial charge in [-0.2, -0.15) is 0 Å². The third-order valence-electron chi connectivity index (χ3n) is 5.01. The van der Waals surface area contributed by atoms with Crippen LogP contribution in [-0.2, 0) is 9.47 Å². The van der Waals surface area contributed by atoms with Gasteiger partial charge in [0.1, 0.15) is 5.82 Å². The zero-order chi connectivity index (χ0) is 16.4. The number of nitrogens with zero attached hydrogens (tertiary/aromatic N) is 2. The SMILES string of the molecule is Fc1cc(N2CCC(C3OCCO3)CC2)ccc1N1C=CCNC1. The van der Waals surface area contributed by atoms with E-state index in [2.05, 4.69) is 10.2 Å². The lowest BCUT2D eigenvalue weighted by Gasteiger charge is -2.35. The van der Waals surface area contributed by atoms with Crippen LogP contribution in [0, 0.1) is 11.7 Å². The highest BCUT2D eigenvalue weighted by molar-refractivity contribution is 5.59. The van der Waals surface area contributed by atoms with E-state index in [9.17, 15) is 4.39 Å². The molecule has 0 aromatic heterocycles. The molecule has 3 aliphatic heterocycles. The summed E-state index contributed by atoms with van der Waals surface area (Å²) in [6.07, 6.45) is 5.93.